The molecule has 0 spiro atoms. The molecule has 0 saturated carbocycles. The van der Waals surface area contributed by atoms with E-state index in [0.29, 0.717) is 0 Å². The molecule has 1 aromatic carbocycles. The molecule has 0 saturated heterocycles. The maximum absolute atomic E-state index is 5.87. The van der Waals surface area contributed by atoms with Crippen molar-refractivity contribution >= 4 is 17.4 Å². The molecule has 2 aromatic rings. The van der Waals surface area contributed by atoms with Gasteiger partial charge in [0.15, 0.2) is 0 Å². The molecule has 0 amide bonds. The van der Waals surface area contributed by atoms with Crippen LogP contribution in [0, 0.1) is 20.8 Å². The van der Waals surface area contributed by atoms with Gasteiger partial charge < -0.3 is 5.73 Å². The van der Waals surface area contributed by atoms with Crippen LogP contribution in [0.5, 0.6) is 0 Å². The van der Waals surface area contributed by atoms with E-state index in [1.54, 1.807) is 11.8 Å². The van der Waals surface area contributed by atoms with Crippen LogP contribution in [0.4, 0.5) is 5.69 Å². The second-order valence-electron chi connectivity index (χ2n) is 4.23. The average molecular weight is 244 g/mol. The molecule has 3 heteroatoms. The van der Waals surface area contributed by atoms with Crippen molar-refractivity contribution in [3.8, 4) is 0 Å². The first-order chi connectivity index (χ1) is 8.06. The molecule has 17 heavy (non-hydrogen) atoms. The number of benzene rings is 1. The van der Waals surface area contributed by atoms with E-state index in [1.807, 2.05) is 19.2 Å². The Bertz CT molecular complexity index is 500. The maximum Gasteiger partial charge on any atom is 0.103 e. The molecule has 88 valence electrons. The number of nitrogens with two attached hydrogens (primary N) is 1. The zero-order valence-corrected chi connectivity index (χ0v) is 11.1. The summed E-state index contributed by atoms with van der Waals surface area (Å²) >= 11 is 1.64. The number of aryl methyl sites for hydroxylation is 3. The highest BCUT2D eigenvalue weighted by Crippen LogP contribution is 2.29. The molecule has 0 atom stereocenters. The second kappa shape index (κ2) is 4.80. The first kappa shape index (κ1) is 12.0. The van der Waals surface area contributed by atoms with Crippen LogP contribution in [0.3, 0.4) is 0 Å². The van der Waals surface area contributed by atoms with Crippen LogP contribution >= 0.6 is 11.8 Å². The zero-order valence-electron chi connectivity index (χ0n) is 10.3. The van der Waals surface area contributed by atoms with Crippen LogP contribution in [-0.4, -0.2) is 4.98 Å². The molecule has 1 aromatic heterocycles. The lowest BCUT2D eigenvalue weighted by atomic mass is 10.1. The molecule has 2 nitrogen and oxygen atoms in total. The minimum absolute atomic E-state index is 0.798. The molecule has 0 unspecified atom stereocenters. The lowest BCUT2D eigenvalue weighted by molar-refractivity contribution is 1.11. The SMILES string of the molecule is Cc1ccc(Sc2cc(N)c(C)cn2)cc1C. The molecule has 0 aliphatic rings. The fraction of sp³-hybridized carbons (Fsp3) is 0.214. The van der Waals surface area contributed by atoms with Crippen LogP contribution < -0.4 is 5.73 Å². The smallest absolute Gasteiger partial charge is 0.103 e. The highest BCUT2D eigenvalue weighted by atomic mass is 32.2. The predicted octanol–water partition coefficient (Wildman–Crippen LogP) is 3.74. The number of pyridine rings is 1. The number of aromatic nitrogens is 1. The third-order valence-electron chi connectivity index (χ3n) is 2.82. The Hall–Kier alpha value is -1.48. The monoisotopic (exact) mass is 244 g/mol. The molecular formula is C14H16N2S. The van der Waals surface area contributed by atoms with Gasteiger partial charge in [-0.3, -0.25) is 0 Å². The third kappa shape index (κ3) is 2.80. The number of rotatable bonds is 2. The zero-order chi connectivity index (χ0) is 12.4. The van der Waals surface area contributed by atoms with Gasteiger partial charge in [0, 0.05) is 16.8 Å². The van der Waals surface area contributed by atoms with Crippen molar-refractivity contribution in [2.45, 2.75) is 30.7 Å². The molecule has 2 N–H and O–H groups in total. The van der Waals surface area contributed by atoms with Crippen LogP contribution in [-0.2, 0) is 0 Å². The average Bonchev–Trinajstić information content (AvgIpc) is 2.29. The molecule has 0 bridgehead atoms. The van der Waals surface area contributed by atoms with Crippen molar-refractivity contribution in [2.24, 2.45) is 0 Å². The minimum atomic E-state index is 0.798. The lowest BCUT2D eigenvalue weighted by Crippen LogP contribution is -1.91. The van der Waals surface area contributed by atoms with Gasteiger partial charge in [-0.25, -0.2) is 4.98 Å². The molecule has 2 rings (SSSR count). The van der Waals surface area contributed by atoms with Gasteiger partial charge >= 0.3 is 0 Å². The molecule has 0 aliphatic carbocycles. The summed E-state index contributed by atoms with van der Waals surface area (Å²) in [4.78, 5) is 5.57. The summed E-state index contributed by atoms with van der Waals surface area (Å²) < 4.78 is 0. The maximum atomic E-state index is 5.87. The van der Waals surface area contributed by atoms with Crippen molar-refractivity contribution in [3.63, 3.8) is 0 Å². The number of nitrogen functional groups attached to an aromatic ring is 1. The largest absolute Gasteiger partial charge is 0.398 e. The van der Waals surface area contributed by atoms with Gasteiger partial charge in [-0.1, -0.05) is 17.8 Å². The van der Waals surface area contributed by atoms with Gasteiger partial charge in [-0.2, -0.15) is 0 Å². The standard InChI is InChI=1S/C14H16N2S/c1-9-4-5-12(6-10(9)2)17-14-7-13(15)11(3)8-16-14/h4-8H,1-3H3,(H2,15,16). The summed E-state index contributed by atoms with van der Waals surface area (Å²) in [7, 11) is 0. The number of hydrogen-bond acceptors (Lipinski definition) is 3. The fourth-order valence-corrected chi connectivity index (χ4v) is 2.38. The van der Waals surface area contributed by atoms with Gasteiger partial charge in [0.2, 0.25) is 0 Å². The number of nitrogens with zero attached hydrogens (tertiary/aromatic N) is 1. The Morgan fingerprint density at radius 2 is 1.76 bits per heavy atom. The van der Waals surface area contributed by atoms with E-state index in [1.165, 1.54) is 16.0 Å². The predicted molar refractivity (Wildman–Crippen MR) is 73.4 cm³/mol. The Morgan fingerprint density at radius 1 is 1.00 bits per heavy atom. The van der Waals surface area contributed by atoms with Gasteiger partial charge in [0.25, 0.3) is 0 Å². The van der Waals surface area contributed by atoms with Crippen molar-refractivity contribution in [3.05, 3.63) is 47.2 Å². The van der Waals surface area contributed by atoms with E-state index in [2.05, 4.69) is 37.0 Å². The van der Waals surface area contributed by atoms with Crippen molar-refractivity contribution in [2.75, 3.05) is 5.73 Å². The van der Waals surface area contributed by atoms with Gasteiger partial charge in [0.1, 0.15) is 5.03 Å². The lowest BCUT2D eigenvalue weighted by Gasteiger charge is -2.06. The summed E-state index contributed by atoms with van der Waals surface area (Å²) in [6, 6.07) is 8.35. The quantitative estimate of drug-likeness (QED) is 0.874. The molecule has 1 heterocycles. The number of hydrogen-bond donors (Lipinski definition) is 1. The minimum Gasteiger partial charge on any atom is -0.398 e. The molecule has 0 aliphatic heterocycles. The summed E-state index contributed by atoms with van der Waals surface area (Å²) in [6.07, 6.45) is 1.82. The Kier molecular flexibility index (Phi) is 3.38. The topological polar surface area (TPSA) is 38.9 Å². The van der Waals surface area contributed by atoms with Gasteiger partial charge in [-0.15, -0.1) is 0 Å². The van der Waals surface area contributed by atoms with Crippen molar-refractivity contribution in [1.82, 2.24) is 4.98 Å². The van der Waals surface area contributed by atoms with E-state index in [-0.39, 0.29) is 0 Å². The first-order valence-corrected chi connectivity index (χ1v) is 6.35. The Morgan fingerprint density at radius 3 is 2.41 bits per heavy atom. The van der Waals surface area contributed by atoms with Crippen LogP contribution in [0.1, 0.15) is 16.7 Å². The van der Waals surface area contributed by atoms with E-state index in [0.717, 1.165) is 16.3 Å². The normalized spacial score (nSPS) is 10.5. The van der Waals surface area contributed by atoms with Crippen LogP contribution in [0.2, 0.25) is 0 Å². The fourth-order valence-electron chi connectivity index (χ4n) is 1.47. The first-order valence-electron chi connectivity index (χ1n) is 5.53. The summed E-state index contributed by atoms with van der Waals surface area (Å²) in [5.74, 6) is 0. The van der Waals surface area contributed by atoms with E-state index in [4.69, 9.17) is 5.73 Å². The Labute approximate surface area is 106 Å². The third-order valence-corrected chi connectivity index (χ3v) is 3.74. The second-order valence-corrected chi connectivity index (χ2v) is 5.32. The Balaban J connectivity index is 2.25. The van der Waals surface area contributed by atoms with E-state index >= 15 is 0 Å². The summed E-state index contributed by atoms with van der Waals surface area (Å²) in [5, 5.41) is 0.941. The molecule has 0 fully saturated rings. The molecule has 0 radical (unpaired) electrons. The highest BCUT2D eigenvalue weighted by Gasteiger charge is 2.02. The van der Waals surface area contributed by atoms with Gasteiger partial charge in [-0.05, 0) is 55.7 Å². The van der Waals surface area contributed by atoms with Crippen LogP contribution in [0.25, 0.3) is 0 Å². The van der Waals surface area contributed by atoms with Crippen LogP contribution in [0.15, 0.2) is 40.4 Å². The van der Waals surface area contributed by atoms with Gasteiger partial charge in [0.05, 0.1) is 0 Å². The van der Waals surface area contributed by atoms with Crippen molar-refractivity contribution < 1.29 is 0 Å². The van der Waals surface area contributed by atoms with E-state index in [9.17, 15) is 0 Å². The molecular weight excluding hydrogens is 228 g/mol. The number of anilines is 1. The van der Waals surface area contributed by atoms with E-state index < -0.39 is 0 Å². The van der Waals surface area contributed by atoms with Crippen molar-refractivity contribution in [1.29, 1.82) is 0 Å². The highest BCUT2D eigenvalue weighted by molar-refractivity contribution is 7.99. The summed E-state index contributed by atoms with van der Waals surface area (Å²) in [6.45, 7) is 6.20. The summed E-state index contributed by atoms with van der Waals surface area (Å²) in [5.41, 5.74) is 10.3.